The molecule has 0 aliphatic heterocycles. The summed E-state index contributed by atoms with van der Waals surface area (Å²) in [6.07, 6.45) is 7.65. The van der Waals surface area contributed by atoms with Crippen molar-refractivity contribution in [2.45, 2.75) is 12.0 Å². The Morgan fingerprint density at radius 1 is 0.821 bits per heavy atom. The zero-order chi connectivity index (χ0) is 27.0. The van der Waals surface area contributed by atoms with Crippen LogP contribution in [-0.4, -0.2) is 19.6 Å². The van der Waals surface area contributed by atoms with Crippen molar-refractivity contribution in [1.29, 1.82) is 0 Å². The van der Waals surface area contributed by atoms with Crippen LogP contribution in [0.25, 0.3) is 16.6 Å². The van der Waals surface area contributed by atoms with Crippen molar-refractivity contribution in [1.82, 2.24) is 14.5 Å². The first-order valence-corrected chi connectivity index (χ1v) is 13.1. The number of rotatable bonds is 6. The molecule has 3 aromatic carbocycles. The molecule has 3 heterocycles. The zero-order valence-electron chi connectivity index (χ0n) is 20.6. The Labute approximate surface area is 234 Å². The summed E-state index contributed by atoms with van der Waals surface area (Å²) in [6.45, 7) is 0. The largest absolute Gasteiger partial charge is 0.376 e. The summed E-state index contributed by atoms with van der Waals surface area (Å²) in [6, 6.07) is 26.8. The molecular weight excluding hydrogens is 532 g/mol. The molecule has 0 saturated heterocycles. The summed E-state index contributed by atoms with van der Waals surface area (Å²) in [4.78, 5) is 8.78. The third-order valence-corrected chi connectivity index (χ3v) is 7.67. The molecule has 1 N–H and O–H groups in total. The minimum absolute atomic E-state index is 0.322. The van der Waals surface area contributed by atoms with Crippen LogP contribution in [0.2, 0.25) is 10.2 Å². The van der Waals surface area contributed by atoms with Gasteiger partial charge in [-0.3, -0.25) is 4.98 Å². The highest BCUT2D eigenvalue weighted by Crippen LogP contribution is 2.40. The maximum Gasteiger partial charge on any atom is 0.142 e. The lowest BCUT2D eigenvalue weighted by Crippen LogP contribution is -2.29. The monoisotopic (exact) mass is 553 g/mol. The maximum absolute atomic E-state index is 14.3. The van der Waals surface area contributed by atoms with Crippen LogP contribution in [0.15, 0.2) is 116 Å². The lowest BCUT2D eigenvalue weighted by atomic mass is 9.80. The third kappa shape index (κ3) is 4.70. The minimum atomic E-state index is -1.68. The molecule has 7 heteroatoms. The quantitative estimate of drug-likeness (QED) is 0.214. The Morgan fingerprint density at radius 3 is 2.28 bits per heavy atom. The van der Waals surface area contributed by atoms with E-state index in [9.17, 15) is 9.50 Å². The molecule has 6 rings (SSSR count). The van der Waals surface area contributed by atoms with Gasteiger partial charge in [-0.1, -0.05) is 59.6 Å². The number of aromatic nitrogens is 3. The van der Waals surface area contributed by atoms with E-state index in [1.807, 2.05) is 53.4 Å². The van der Waals surface area contributed by atoms with E-state index in [1.54, 1.807) is 54.9 Å². The second kappa shape index (κ2) is 10.3. The van der Waals surface area contributed by atoms with Crippen LogP contribution in [0, 0.1) is 5.82 Å². The van der Waals surface area contributed by atoms with Crippen LogP contribution >= 0.6 is 23.2 Å². The van der Waals surface area contributed by atoms with Crippen LogP contribution in [-0.2, 0) is 12.0 Å². The number of benzene rings is 3. The second-order valence-corrected chi connectivity index (χ2v) is 10.1. The van der Waals surface area contributed by atoms with Gasteiger partial charge in [0.05, 0.1) is 10.5 Å². The molecule has 1 atom stereocenters. The van der Waals surface area contributed by atoms with Gasteiger partial charge in [0.25, 0.3) is 0 Å². The summed E-state index contributed by atoms with van der Waals surface area (Å²) in [7, 11) is 0. The number of hydrogen-bond donors (Lipinski definition) is 1. The summed E-state index contributed by atoms with van der Waals surface area (Å²) in [5, 5.41) is 13.6. The highest BCUT2D eigenvalue weighted by atomic mass is 35.5. The van der Waals surface area contributed by atoms with E-state index in [4.69, 9.17) is 23.2 Å². The van der Waals surface area contributed by atoms with E-state index in [0.717, 1.165) is 11.3 Å². The molecule has 39 heavy (non-hydrogen) atoms. The number of fused-ring (bicyclic) bond motifs is 1. The van der Waals surface area contributed by atoms with E-state index in [0.29, 0.717) is 49.8 Å². The Balaban J connectivity index is 1.45. The zero-order valence-corrected chi connectivity index (χ0v) is 22.1. The van der Waals surface area contributed by atoms with E-state index in [2.05, 4.69) is 9.97 Å². The molecule has 0 spiro atoms. The first-order valence-electron chi connectivity index (χ1n) is 12.3. The van der Waals surface area contributed by atoms with Crippen molar-refractivity contribution in [3.05, 3.63) is 160 Å². The normalized spacial score (nSPS) is 12.9. The fourth-order valence-corrected chi connectivity index (χ4v) is 5.51. The van der Waals surface area contributed by atoms with Gasteiger partial charge < -0.3 is 9.67 Å². The van der Waals surface area contributed by atoms with Crippen LogP contribution in [0.3, 0.4) is 0 Å². The van der Waals surface area contributed by atoms with Crippen LogP contribution < -0.4 is 0 Å². The molecule has 192 valence electrons. The standard InChI is InChI=1S/C32H22Cl2FN3O/c33-30-27-19-23(32(39,24-6-4-14-36-20-24)22-5-3-7-25(35)18-22)10-13-29(27)37-31(34)28(30)17-21-8-11-26(12-9-21)38-15-1-2-16-38/h1-16,18-20,39H,17H2. The molecule has 0 aliphatic carbocycles. The lowest BCUT2D eigenvalue weighted by Gasteiger charge is -2.30. The Hall–Kier alpha value is -4.03. The van der Waals surface area contributed by atoms with Gasteiger partial charge in [0, 0.05) is 53.4 Å². The predicted octanol–water partition coefficient (Wildman–Crippen LogP) is 7.74. The highest BCUT2D eigenvalue weighted by molar-refractivity contribution is 6.39. The van der Waals surface area contributed by atoms with Crippen molar-refractivity contribution in [2.75, 3.05) is 0 Å². The number of halogens is 3. The van der Waals surface area contributed by atoms with Gasteiger partial charge in [-0.15, -0.1) is 0 Å². The molecule has 4 nitrogen and oxygen atoms in total. The fraction of sp³-hybridized carbons (Fsp3) is 0.0625. The molecular formula is C32H22Cl2FN3O. The molecule has 0 radical (unpaired) electrons. The SMILES string of the molecule is OC(c1cccnc1)(c1cccc(F)c1)c1ccc2nc(Cl)c(Cc3ccc(-n4cccc4)cc3)c(Cl)c2c1. The van der Waals surface area contributed by atoms with Gasteiger partial charge in [-0.25, -0.2) is 9.37 Å². The summed E-state index contributed by atoms with van der Waals surface area (Å²) in [5.41, 5.74) is 3.05. The van der Waals surface area contributed by atoms with Crippen LogP contribution in [0.4, 0.5) is 4.39 Å². The smallest absolute Gasteiger partial charge is 0.142 e. The van der Waals surface area contributed by atoms with Gasteiger partial charge in [0.1, 0.15) is 16.6 Å². The van der Waals surface area contributed by atoms with Crippen LogP contribution in [0.5, 0.6) is 0 Å². The lowest BCUT2D eigenvalue weighted by molar-refractivity contribution is 0.125. The van der Waals surface area contributed by atoms with E-state index in [-0.39, 0.29) is 0 Å². The van der Waals surface area contributed by atoms with Crippen molar-refractivity contribution >= 4 is 34.1 Å². The van der Waals surface area contributed by atoms with Crippen molar-refractivity contribution in [2.24, 2.45) is 0 Å². The van der Waals surface area contributed by atoms with E-state index < -0.39 is 11.4 Å². The molecule has 3 aromatic heterocycles. The number of pyridine rings is 2. The van der Waals surface area contributed by atoms with Gasteiger partial charge in [0.2, 0.25) is 0 Å². The van der Waals surface area contributed by atoms with Gasteiger partial charge in [-0.2, -0.15) is 0 Å². The van der Waals surface area contributed by atoms with Gasteiger partial charge in [0.15, 0.2) is 0 Å². The topological polar surface area (TPSA) is 50.9 Å². The molecule has 0 aliphatic rings. The minimum Gasteiger partial charge on any atom is -0.376 e. The number of hydrogen-bond acceptors (Lipinski definition) is 3. The average molecular weight is 554 g/mol. The predicted molar refractivity (Wildman–Crippen MR) is 153 cm³/mol. The highest BCUT2D eigenvalue weighted by Gasteiger charge is 2.35. The Morgan fingerprint density at radius 2 is 1.56 bits per heavy atom. The van der Waals surface area contributed by atoms with E-state index >= 15 is 0 Å². The first kappa shape index (κ1) is 25.3. The molecule has 6 aromatic rings. The third-order valence-electron chi connectivity index (χ3n) is 6.92. The average Bonchev–Trinajstić information content (AvgIpc) is 3.51. The number of aliphatic hydroxyl groups is 1. The van der Waals surface area contributed by atoms with Crippen molar-refractivity contribution in [3.8, 4) is 5.69 Å². The van der Waals surface area contributed by atoms with Gasteiger partial charge >= 0.3 is 0 Å². The summed E-state index contributed by atoms with van der Waals surface area (Å²) >= 11 is 13.6. The molecule has 0 bridgehead atoms. The molecule has 0 amide bonds. The summed E-state index contributed by atoms with van der Waals surface area (Å²) in [5.74, 6) is -0.452. The fourth-order valence-electron chi connectivity index (χ4n) is 4.90. The Bertz CT molecular complexity index is 1770. The van der Waals surface area contributed by atoms with Crippen LogP contribution in [0.1, 0.15) is 27.8 Å². The Kier molecular flexibility index (Phi) is 6.65. The molecule has 1 unspecified atom stereocenters. The molecule has 0 saturated carbocycles. The van der Waals surface area contributed by atoms with Gasteiger partial charge in [-0.05, 0) is 71.3 Å². The second-order valence-electron chi connectivity index (χ2n) is 9.32. The molecule has 0 fully saturated rings. The maximum atomic E-state index is 14.3. The van der Waals surface area contributed by atoms with E-state index in [1.165, 1.54) is 12.1 Å². The van der Waals surface area contributed by atoms with Crippen molar-refractivity contribution in [3.63, 3.8) is 0 Å². The van der Waals surface area contributed by atoms with Crippen molar-refractivity contribution < 1.29 is 9.50 Å². The first-order chi connectivity index (χ1) is 18.9. The summed E-state index contributed by atoms with van der Waals surface area (Å²) < 4.78 is 16.3. The number of nitrogens with zero attached hydrogens (tertiary/aromatic N) is 3.